The molecule has 4 heterocycles. The van der Waals surface area contributed by atoms with E-state index < -0.39 is 6.09 Å². The molecule has 5 aromatic rings. The lowest BCUT2D eigenvalue weighted by Gasteiger charge is -2.35. The number of benzene rings is 1. The first-order valence-corrected chi connectivity index (χ1v) is 14.6. The molecule has 14 nitrogen and oxygen atoms in total. The zero-order valence-electron chi connectivity index (χ0n) is 24.5. The number of hydrogen-bond donors (Lipinski definition) is 0. The normalized spacial score (nSPS) is 15.8. The summed E-state index contributed by atoms with van der Waals surface area (Å²) in [6, 6.07) is 11.6. The van der Waals surface area contributed by atoms with Gasteiger partial charge in [-0.15, -0.1) is 0 Å². The highest BCUT2D eigenvalue weighted by Gasteiger charge is 2.33. The number of halogens is 1. The van der Waals surface area contributed by atoms with Gasteiger partial charge in [-0.1, -0.05) is 47.1 Å². The fraction of sp³-hybridized carbons (Fsp3) is 0.258. The van der Waals surface area contributed by atoms with Crippen molar-refractivity contribution in [3.05, 3.63) is 83.7 Å². The quantitative estimate of drug-likeness (QED) is 0.199. The Balaban J connectivity index is 1.17. The van der Waals surface area contributed by atoms with Gasteiger partial charge in [0, 0.05) is 24.0 Å². The van der Waals surface area contributed by atoms with E-state index in [-0.39, 0.29) is 52.7 Å². The van der Waals surface area contributed by atoms with Crippen LogP contribution in [0.3, 0.4) is 0 Å². The molecule has 0 unspecified atom stereocenters. The molecule has 0 N–H and O–H groups in total. The first-order valence-electron chi connectivity index (χ1n) is 14.2. The van der Waals surface area contributed by atoms with Gasteiger partial charge in [0.05, 0.1) is 37.0 Å². The number of methoxy groups -OCH3 is 1. The van der Waals surface area contributed by atoms with Crippen molar-refractivity contribution in [1.82, 2.24) is 35.1 Å². The molecule has 46 heavy (non-hydrogen) atoms. The zero-order valence-corrected chi connectivity index (χ0v) is 25.2. The van der Waals surface area contributed by atoms with Crippen molar-refractivity contribution < 1.29 is 23.5 Å². The van der Waals surface area contributed by atoms with Crippen molar-refractivity contribution in [2.24, 2.45) is 0 Å². The lowest BCUT2D eigenvalue weighted by Crippen LogP contribution is -2.44. The Hall–Kier alpha value is -5.68. The van der Waals surface area contributed by atoms with Gasteiger partial charge in [-0.05, 0) is 31.2 Å². The third-order valence-electron chi connectivity index (χ3n) is 7.31. The van der Waals surface area contributed by atoms with E-state index in [0.717, 1.165) is 5.56 Å². The average molecular weight is 640 g/mol. The van der Waals surface area contributed by atoms with E-state index in [1.54, 1.807) is 23.5 Å². The highest BCUT2D eigenvalue weighted by atomic mass is 35.5. The van der Waals surface area contributed by atoms with E-state index in [9.17, 15) is 10.1 Å². The Morgan fingerprint density at radius 1 is 0.978 bits per heavy atom. The topological polar surface area (TPSA) is 175 Å². The Morgan fingerprint density at radius 3 is 2.39 bits per heavy atom. The van der Waals surface area contributed by atoms with Crippen molar-refractivity contribution >= 4 is 23.5 Å². The summed E-state index contributed by atoms with van der Waals surface area (Å²) in [5.41, 5.74) is 2.68. The van der Waals surface area contributed by atoms with Crippen LogP contribution in [-0.2, 0) is 11.3 Å². The van der Waals surface area contributed by atoms with E-state index in [1.807, 2.05) is 36.4 Å². The van der Waals surface area contributed by atoms with Crippen LogP contribution in [0.25, 0.3) is 22.6 Å². The average Bonchev–Trinajstić information content (AvgIpc) is 3.54. The SMILES string of the molecule is COc1ncc(-c2cnc(N(C(=O)OCc3ccccc3)C3CCC(Oc4ncc(C#N)c(-c5nocc5Cl)n4)CC3)cn2)cn1. The molecule has 1 saturated carbocycles. The number of nitrogens with zero attached hydrogens (tertiary/aromatic N) is 9. The van der Waals surface area contributed by atoms with Gasteiger partial charge in [0.15, 0.2) is 11.5 Å². The molecule has 0 aliphatic heterocycles. The molecule has 1 amide bonds. The minimum absolute atomic E-state index is 0.0830. The molecule has 1 aromatic carbocycles. The summed E-state index contributed by atoms with van der Waals surface area (Å²) >= 11 is 6.15. The van der Waals surface area contributed by atoms with Crippen LogP contribution in [0.4, 0.5) is 10.6 Å². The van der Waals surface area contributed by atoms with E-state index in [4.69, 9.17) is 30.3 Å². The summed E-state index contributed by atoms with van der Waals surface area (Å²) in [5.74, 6) is 0.352. The van der Waals surface area contributed by atoms with Crippen LogP contribution in [0.5, 0.6) is 12.0 Å². The molecule has 0 saturated heterocycles. The Kier molecular flexibility index (Phi) is 9.21. The molecular formula is C31H26ClN9O5. The van der Waals surface area contributed by atoms with Gasteiger partial charge in [-0.25, -0.2) is 24.7 Å². The van der Waals surface area contributed by atoms with E-state index in [1.165, 1.54) is 25.8 Å². The van der Waals surface area contributed by atoms with E-state index in [2.05, 4.69) is 35.1 Å². The molecule has 0 spiro atoms. The molecular weight excluding hydrogens is 614 g/mol. The molecule has 0 bridgehead atoms. The summed E-state index contributed by atoms with van der Waals surface area (Å²) in [7, 11) is 1.49. The monoisotopic (exact) mass is 639 g/mol. The second-order valence-corrected chi connectivity index (χ2v) is 10.6. The maximum absolute atomic E-state index is 13.6. The fourth-order valence-corrected chi connectivity index (χ4v) is 5.17. The lowest BCUT2D eigenvalue weighted by atomic mass is 9.92. The number of hydrogen-bond acceptors (Lipinski definition) is 13. The number of aromatic nitrogens is 7. The minimum atomic E-state index is -0.535. The van der Waals surface area contributed by atoms with E-state index >= 15 is 0 Å². The van der Waals surface area contributed by atoms with Crippen LogP contribution in [-0.4, -0.2) is 60.4 Å². The van der Waals surface area contributed by atoms with E-state index in [0.29, 0.717) is 42.8 Å². The molecule has 4 aromatic heterocycles. The standard InChI is InChI=1S/C31H26ClN9O5/c1-43-29-36-13-21(14-37-29)25-15-35-26(16-34-25)41(31(42)44-17-19-5-3-2-4-6-19)22-7-9-23(10-8-22)46-30-38-12-20(11-33)27(39-30)28-24(32)18-45-40-28/h2-6,12-16,18,22-23H,7-10,17H2,1H3. The van der Waals surface area contributed by atoms with Crippen molar-refractivity contribution in [3.63, 3.8) is 0 Å². The summed E-state index contributed by atoms with van der Waals surface area (Å²) in [5, 5.41) is 13.6. The zero-order chi connectivity index (χ0) is 31.9. The molecule has 1 fully saturated rings. The van der Waals surface area contributed by atoms with Crippen LogP contribution < -0.4 is 14.4 Å². The lowest BCUT2D eigenvalue weighted by molar-refractivity contribution is 0.121. The summed E-state index contributed by atoms with van der Waals surface area (Å²) in [4.78, 5) is 41.0. The number of carbonyl (C=O) groups excluding carboxylic acids is 1. The van der Waals surface area contributed by atoms with Gasteiger partial charge >= 0.3 is 18.1 Å². The maximum atomic E-state index is 13.6. The van der Waals surface area contributed by atoms with Gasteiger partial charge in [0.1, 0.15) is 35.8 Å². The third-order valence-corrected chi connectivity index (χ3v) is 7.58. The van der Waals surface area contributed by atoms with Gasteiger partial charge < -0.3 is 18.7 Å². The van der Waals surface area contributed by atoms with Gasteiger partial charge in [0.2, 0.25) is 0 Å². The summed E-state index contributed by atoms with van der Waals surface area (Å²) in [6.45, 7) is 0.108. The number of carbonyl (C=O) groups is 1. The molecule has 232 valence electrons. The maximum Gasteiger partial charge on any atom is 0.416 e. The highest BCUT2D eigenvalue weighted by molar-refractivity contribution is 6.32. The number of nitriles is 1. The smallest absolute Gasteiger partial charge is 0.416 e. The second-order valence-electron chi connectivity index (χ2n) is 10.2. The Bertz CT molecular complexity index is 1820. The fourth-order valence-electron chi connectivity index (χ4n) is 5.00. The Morgan fingerprint density at radius 2 is 1.74 bits per heavy atom. The minimum Gasteiger partial charge on any atom is -0.467 e. The first-order chi connectivity index (χ1) is 22.5. The predicted octanol–water partition coefficient (Wildman–Crippen LogP) is 5.45. The van der Waals surface area contributed by atoms with Crippen molar-refractivity contribution in [2.75, 3.05) is 12.0 Å². The van der Waals surface area contributed by atoms with Crippen molar-refractivity contribution in [2.45, 2.75) is 44.4 Å². The number of rotatable bonds is 9. The van der Waals surface area contributed by atoms with Crippen LogP contribution in [0.15, 0.2) is 72.1 Å². The second kappa shape index (κ2) is 14.0. The van der Waals surface area contributed by atoms with Gasteiger partial charge in [0.25, 0.3) is 0 Å². The molecule has 0 radical (unpaired) electrons. The highest BCUT2D eigenvalue weighted by Crippen LogP contribution is 2.32. The predicted molar refractivity (Wildman–Crippen MR) is 163 cm³/mol. The van der Waals surface area contributed by atoms with Gasteiger partial charge in [-0.3, -0.25) is 9.88 Å². The molecule has 1 aliphatic rings. The number of ether oxygens (including phenoxy) is 3. The molecule has 0 atom stereocenters. The molecule has 1 aliphatic carbocycles. The number of amides is 1. The first kappa shape index (κ1) is 30.4. The number of anilines is 1. The third kappa shape index (κ3) is 6.84. The summed E-state index contributed by atoms with van der Waals surface area (Å²) < 4.78 is 21.8. The molecule has 6 rings (SSSR count). The van der Waals surface area contributed by atoms with Gasteiger partial charge in [-0.2, -0.15) is 10.2 Å². The van der Waals surface area contributed by atoms with Crippen molar-refractivity contribution in [1.29, 1.82) is 5.26 Å². The Labute approximate surface area is 268 Å². The van der Waals surface area contributed by atoms with Crippen molar-refractivity contribution in [3.8, 4) is 40.7 Å². The summed E-state index contributed by atoms with van der Waals surface area (Å²) in [6.07, 6.45) is 10.5. The largest absolute Gasteiger partial charge is 0.467 e. The van der Waals surface area contributed by atoms with Crippen LogP contribution in [0.1, 0.15) is 36.8 Å². The molecule has 15 heteroatoms. The van der Waals surface area contributed by atoms with Crippen LogP contribution >= 0.6 is 11.6 Å². The van der Waals surface area contributed by atoms with Crippen LogP contribution in [0, 0.1) is 11.3 Å². The van der Waals surface area contributed by atoms with Crippen LogP contribution in [0.2, 0.25) is 5.02 Å².